The monoisotopic (exact) mass is 430 g/mol. The largest absolute Gasteiger partial charge is 0.492 e. The maximum Gasteiger partial charge on any atom is 0.136 e. The predicted molar refractivity (Wildman–Crippen MR) is 121 cm³/mol. The lowest BCUT2D eigenvalue weighted by Gasteiger charge is -2.18. The predicted octanol–water partition coefficient (Wildman–Crippen LogP) is 4.61. The van der Waals surface area contributed by atoms with Crippen molar-refractivity contribution in [2.24, 2.45) is 5.92 Å². The molecule has 4 rings (SSSR count). The highest BCUT2D eigenvalue weighted by Gasteiger charge is 2.23. The van der Waals surface area contributed by atoms with E-state index in [-0.39, 0.29) is 0 Å². The number of aromatic nitrogens is 2. The highest BCUT2D eigenvalue weighted by atomic mass is 35.5. The first kappa shape index (κ1) is 20.4. The Bertz CT molecular complexity index is 989. The molecule has 0 bridgehead atoms. The number of hydrogen-bond acceptors (Lipinski definition) is 6. The number of aryl methyl sites for hydroxylation is 1. The van der Waals surface area contributed by atoms with Crippen LogP contribution in [0, 0.1) is 5.92 Å². The number of nitrogen functional groups attached to an aromatic ring is 1. The molecule has 2 aromatic heterocycles. The lowest BCUT2D eigenvalue weighted by atomic mass is 9.89. The summed E-state index contributed by atoms with van der Waals surface area (Å²) in [6.07, 6.45) is 4.24. The summed E-state index contributed by atoms with van der Waals surface area (Å²) in [5.41, 5.74) is 7.73. The number of halogens is 1. The van der Waals surface area contributed by atoms with Gasteiger partial charge in [-0.15, -0.1) is 11.3 Å². The second-order valence-corrected chi connectivity index (χ2v) is 9.43. The molecule has 1 atom stereocenters. The van der Waals surface area contributed by atoms with Crippen LogP contribution in [0.1, 0.15) is 29.6 Å². The van der Waals surface area contributed by atoms with Crippen molar-refractivity contribution in [2.75, 3.05) is 32.5 Å². The molecule has 0 amide bonds. The molecular formula is C22H27ClN4OS. The van der Waals surface area contributed by atoms with E-state index in [1.165, 1.54) is 16.9 Å². The molecule has 3 aromatic rings. The molecule has 0 saturated carbocycles. The van der Waals surface area contributed by atoms with E-state index in [1.54, 1.807) is 11.3 Å². The first-order valence-electron chi connectivity index (χ1n) is 10.1. The molecule has 1 aliphatic carbocycles. The Hall–Kier alpha value is -1.89. The number of anilines is 1. The Morgan fingerprint density at radius 1 is 1.24 bits per heavy atom. The fourth-order valence-corrected chi connectivity index (χ4v) is 5.32. The van der Waals surface area contributed by atoms with Gasteiger partial charge in [0.05, 0.1) is 5.39 Å². The standard InChI is InChI=1S/C22H27ClN4OS/c1-14-3-8-17-18(13-14)29-22-20(17)21(24)25-19(26-22)9-10-27(2)11-12-28-16-6-4-15(23)5-7-16/h4-7,14H,3,8-13H2,1-2H3,(H2,24,25,26)/t14-/m1/s1. The molecule has 0 radical (unpaired) electrons. The molecule has 154 valence electrons. The number of hydrogen-bond donors (Lipinski definition) is 1. The fraction of sp³-hybridized carbons (Fsp3) is 0.455. The Labute approximate surface area is 180 Å². The minimum atomic E-state index is 0.621. The number of rotatable bonds is 7. The molecule has 7 heteroatoms. The number of ether oxygens (including phenoxy) is 1. The van der Waals surface area contributed by atoms with Crippen molar-refractivity contribution in [1.29, 1.82) is 0 Å². The van der Waals surface area contributed by atoms with Crippen molar-refractivity contribution in [1.82, 2.24) is 14.9 Å². The number of nitrogens with two attached hydrogens (primary N) is 1. The molecule has 2 heterocycles. The van der Waals surface area contributed by atoms with Crippen LogP contribution < -0.4 is 10.5 Å². The maximum absolute atomic E-state index is 6.33. The third kappa shape index (κ3) is 4.82. The average Bonchev–Trinajstić information content (AvgIpc) is 3.05. The summed E-state index contributed by atoms with van der Waals surface area (Å²) in [6.45, 7) is 4.62. The summed E-state index contributed by atoms with van der Waals surface area (Å²) in [5, 5.41) is 1.82. The molecule has 5 nitrogen and oxygen atoms in total. The van der Waals surface area contributed by atoms with Crippen LogP contribution in [0.2, 0.25) is 5.02 Å². The van der Waals surface area contributed by atoms with Crippen molar-refractivity contribution in [3.05, 3.63) is 45.6 Å². The summed E-state index contributed by atoms with van der Waals surface area (Å²) in [7, 11) is 2.08. The Morgan fingerprint density at radius 3 is 2.83 bits per heavy atom. The fourth-order valence-electron chi connectivity index (χ4n) is 3.78. The number of nitrogens with zero attached hydrogens (tertiary/aromatic N) is 3. The number of thiophene rings is 1. The summed E-state index contributed by atoms with van der Waals surface area (Å²) in [6, 6.07) is 7.44. The van der Waals surface area contributed by atoms with Gasteiger partial charge in [-0.05, 0) is 62.1 Å². The normalized spacial score (nSPS) is 16.3. The summed E-state index contributed by atoms with van der Waals surface area (Å²) in [5.74, 6) is 3.05. The van der Waals surface area contributed by atoms with Crippen LogP contribution in [-0.2, 0) is 19.3 Å². The first-order valence-corrected chi connectivity index (χ1v) is 11.3. The van der Waals surface area contributed by atoms with Gasteiger partial charge in [-0.2, -0.15) is 0 Å². The SMILES string of the molecule is C[C@@H]1CCc2c(sc3nc(CCN(C)CCOc4ccc(Cl)cc4)nc(N)c23)C1. The molecule has 1 aromatic carbocycles. The molecule has 2 N–H and O–H groups in total. The van der Waals surface area contributed by atoms with Crippen molar-refractivity contribution >= 4 is 39.0 Å². The van der Waals surface area contributed by atoms with E-state index in [2.05, 4.69) is 23.9 Å². The topological polar surface area (TPSA) is 64.3 Å². The zero-order valence-corrected chi connectivity index (χ0v) is 18.5. The first-order chi connectivity index (χ1) is 14.0. The zero-order chi connectivity index (χ0) is 20.4. The van der Waals surface area contributed by atoms with E-state index in [1.807, 2.05) is 24.3 Å². The Balaban J connectivity index is 1.33. The van der Waals surface area contributed by atoms with Crippen LogP contribution >= 0.6 is 22.9 Å². The second-order valence-electron chi connectivity index (χ2n) is 7.91. The van der Waals surface area contributed by atoms with Gasteiger partial charge in [0.1, 0.15) is 28.8 Å². The van der Waals surface area contributed by atoms with Gasteiger partial charge in [0, 0.05) is 29.4 Å². The number of likely N-dealkylation sites (N-methyl/N-ethyl adjacent to an activating group) is 1. The van der Waals surface area contributed by atoms with Gasteiger partial charge in [-0.3, -0.25) is 0 Å². The molecular weight excluding hydrogens is 404 g/mol. The number of benzene rings is 1. The minimum Gasteiger partial charge on any atom is -0.492 e. The third-order valence-electron chi connectivity index (χ3n) is 5.50. The van der Waals surface area contributed by atoms with Gasteiger partial charge >= 0.3 is 0 Å². The lowest BCUT2D eigenvalue weighted by Crippen LogP contribution is -2.27. The van der Waals surface area contributed by atoms with Gasteiger partial charge in [0.2, 0.25) is 0 Å². The minimum absolute atomic E-state index is 0.621. The van der Waals surface area contributed by atoms with E-state index < -0.39 is 0 Å². The summed E-state index contributed by atoms with van der Waals surface area (Å²) >= 11 is 7.70. The van der Waals surface area contributed by atoms with Crippen molar-refractivity contribution in [3.63, 3.8) is 0 Å². The molecule has 0 fully saturated rings. The van der Waals surface area contributed by atoms with E-state index in [9.17, 15) is 0 Å². The number of fused-ring (bicyclic) bond motifs is 3. The molecule has 0 aliphatic heterocycles. The molecule has 1 aliphatic rings. The summed E-state index contributed by atoms with van der Waals surface area (Å²) in [4.78, 5) is 14.2. The smallest absolute Gasteiger partial charge is 0.136 e. The Morgan fingerprint density at radius 2 is 2.03 bits per heavy atom. The van der Waals surface area contributed by atoms with Gasteiger partial charge in [-0.25, -0.2) is 9.97 Å². The van der Waals surface area contributed by atoms with Crippen LogP contribution in [-0.4, -0.2) is 41.6 Å². The van der Waals surface area contributed by atoms with Gasteiger partial charge in [0.15, 0.2) is 0 Å². The van der Waals surface area contributed by atoms with Crippen LogP contribution in [0.3, 0.4) is 0 Å². The Kier molecular flexibility index (Phi) is 6.23. The van der Waals surface area contributed by atoms with Crippen molar-refractivity contribution in [3.8, 4) is 5.75 Å². The molecule has 0 spiro atoms. The van der Waals surface area contributed by atoms with Crippen molar-refractivity contribution < 1.29 is 4.74 Å². The van der Waals surface area contributed by atoms with Gasteiger partial charge < -0.3 is 15.4 Å². The zero-order valence-electron chi connectivity index (χ0n) is 16.9. The molecule has 0 unspecified atom stereocenters. The second kappa shape index (κ2) is 8.86. The van der Waals surface area contributed by atoms with E-state index in [0.717, 1.165) is 60.1 Å². The lowest BCUT2D eigenvalue weighted by molar-refractivity contribution is 0.238. The van der Waals surface area contributed by atoms with E-state index in [4.69, 9.17) is 27.1 Å². The van der Waals surface area contributed by atoms with Crippen LogP contribution in [0.5, 0.6) is 5.75 Å². The average molecular weight is 431 g/mol. The molecule has 29 heavy (non-hydrogen) atoms. The van der Waals surface area contributed by atoms with Crippen LogP contribution in [0.25, 0.3) is 10.2 Å². The quantitative estimate of drug-likeness (QED) is 0.593. The highest BCUT2D eigenvalue weighted by molar-refractivity contribution is 7.19. The maximum atomic E-state index is 6.33. The van der Waals surface area contributed by atoms with E-state index >= 15 is 0 Å². The molecule has 0 saturated heterocycles. The summed E-state index contributed by atoms with van der Waals surface area (Å²) < 4.78 is 5.77. The van der Waals surface area contributed by atoms with E-state index in [0.29, 0.717) is 17.4 Å². The highest BCUT2D eigenvalue weighted by Crippen LogP contribution is 2.39. The van der Waals surface area contributed by atoms with Crippen LogP contribution in [0.4, 0.5) is 5.82 Å². The van der Waals surface area contributed by atoms with Gasteiger partial charge in [0.25, 0.3) is 0 Å². The van der Waals surface area contributed by atoms with Crippen molar-refractivity contribution in [2.45, 2.75) is 32.6 Å². The van der Waals surface area contributed by atoms with Gasteiger partial charge in [-0.1, -0.05) is 18.5 Å². The van der Waals surface area contributed by atoms with Crippen LogP contribution in [0.15, 0.2) is 24.3 Å². The third-order valence-corrected chi connectivity index (χ3v) is 6.90.